The minimum atomic E-state index is -0.341. The molecular formula is C9H14O. The van der Waals surface area contributed by atoms with Gasteiger partial charge in [-0.05, 0) is 38.0 Å². The highest BCUT2D eigenvalue weighted by molar-refractivity contribution is 5.14. The van der Waals surface area contributed by atoms with E-state index in [4.69, 9.17) is 0 Å². The lowest BCUT2D eigenvalue weighted by atomic mass is 9.66. The standard InChI is InChI=1S/C9H14O/c1-7-6-9(10)4-2-8(7)3-5-9/h8,10H,1-6H2. The van der Waals surface area contributed by atoms with Gasteiger partial charge in [0.15, 0.2) is 0 Å². The molecule has 0 spiro atoms. The predicted octanol–water partition coefficient (Wildman–Crippen LogP) is 1.87. The maximum atomic E-state index is 9.83. The van der Waals surface area contributed by atoms with Gasteiger partial charge < -0.3 is 5.11 Å². The van der Waals surface area contributed by atoms with Gasteiger partial charge in [0.1, 0.15) is 0 Å². The van der Waals surface area contributed by atoms with Crippen molar-refractivity contribution in [2.24, 2.45) is 5.92 Å². The Balaban J connectivity index is 2.22. The Kier molecular flexibility index (Phi) is 1.19. The Morgan fingerprint density at radius 2 is 2.00 bits per heavy atom. The molecule has 1 N–H and O–H groups in total. The van der Waals surface area contributed by atoms with Crippen molar-refractivity contribution in [1.29, 1.82) is 0 Å². The third kappa shape index (κ3) is 0.807. The highest BCUT2D eigenvalue weighted by Gasteiger charge is 2.40. The Hall–Kier alpha value is -0.300. The lowest BCUT2D eigenvalue weighted by Gasteiger charge is -2.44. The fourth-order valence-corrected chi connectivity index (χ4v) is 2.31. The van der Waals surface area contributed by atoms with Crippen LogP contribution in [0.15, 0.2) is 12.2 Å². The normalized spacial score (nSPS) is 46.1. The second kappa shape index (κ2) is 1.85. The second-order valence-corrected chi connectivity index (χ2v) is 3.83. The van der Waals surface area contributed by atoms with Crippen LogP contribution in [-0.2, 0) is 0 Å². The van der Waals surface area contributed by atoms with Crippen LogP contribution in [0, 0.1) is 5.92 Å². The first-order chi connectivity index (χ1) is 4.70. The Morgan fingerprint density at radius 1 is 1.40 bits per heavy atom. The number of aliphatic hydroxyl groups is 1. The van der Waals surface area contributed by atoms with Crippen LogP contribution in [0.5, 0.6) is 0 Å². The maximum absolute atomic E-state index is 9.83. The zero-order valence-corrected chi connectivity index (χ0v) is 6.27. The molecular weight excluding hydrogens is 124 g/mol. The van der Waals surface area contributed by atoms with Gasteiger partial charge in [-0.3, -0.25) is 0 Å². The van der Waals surface area contributed by atoms with Crippen LogP contribution >= 0.6 is 0 Å². The van der Waals surface area contributed by atoms with E-state index < -0.39 is 0 Å². The molecule has 0 radical (unpaired) electrons. The van der Waals surface area contributed by atoms with Gasteiger partial charge >= 0.3 is 0 Å². The highest BCUT2D eigenvalue weighted by Crippen LogP contribution is 2.46. The van der Waals surface area contributed by atoms with Gasteiger partial charge in [-0.25, -0.2) is 0 Å². The molecule has 0 amide bonds. The van der Waals surface area contributed by atoms with E-state index >= 15 is 0 Å². The van der Waals surface area contributed by atoms with Crippen LogP contribution in [-0.4, -0.2) is 10.7 Å². The van der Waals surface area contributed by atoms with Crippen molar-refractivity contribution < 1.29 is 5.11 Å². The lowest BCUT2D eigenvalue weighted by molar-refractivity contribution is -0.0291. The van der Waals surface area contributed by atoms with Crippen molar-refractivity contribution in [2.45, 2.75) is 37.7 Å². The summed E-state index contributed by atoms with van der Waals surface area (Å²) in [7, 11) is 0. The molecule has 0 unspecified atom stereocenters. The lowest BCUT2D eigenvalue weighted by Crippen LogP contribution is -2.40. The monoisotopic (exact) mass is 138 g/mol. The van der Waals surface area contributed by atoms with E-state index in [1.54, 1.807) is 0 Å². The summed E-state index contributed by atoms with van der Waals surface area (Å²) in [6.45, 7) is 3.98. The Labute approximate surface area is 61.8 Å². The third-order valence-electron chi connectivity index (χ3n) is 3.05. The van der Waals surface area contributed by atoms with Gasteiger partial charge in [0.2, 0.25) is 0 Å². The van der Waals surface area contributed by atoms with Crippen molar-refractivity contribution in [3.8, 4) is 0 Å². The fraction of sp³-hybridized carbons (Fsp3) is 0.778. The third-order valence-corrected chi connectivity index (χ3v) is 3.05. The second-order valence-electron chi connectivity index (χ2n) is 3.83. The van der Waals surface area contributed by atoms with Crippen molar-refractivity contribution in [3.63, 3.8) is 0 Å². The summed E-state index contributed by atoms with van der Waals surface area (Å²) in [5.74, 6) is 0.744. The summed E-state index contributed by atoms with van der Waals surface area (Å²) in [5, 5.41) is 9.83. The van der Waals surface area contributed by atoms with Crippen molar-refractivity contribution in [1.82, 2.24) is 0 Å². The average Bonchev–Trinajstić information content (AvgIpc) is 1.87. The van der Waals surface area contributed by atoms with E-state index in [2.05, 4.69) is 6.58 Å². The molecule has 10 heavy (non-hydrogen) atoms. The van der Waals surface area contributed by atoms with E-state index in [0.717, 1.165) is 25.2 Å². The first-order valence-corrected chi connectivity index (χ1v) is 4.10. The number of fused-ring (bicyclic) bond motifs is 3. The van der Waals surface area contributed by atoms with E-state index in [1.807, 2.05) is 0 Å². The molecule has 0 heterocycles. The maximum Gasteiger partial charge on any atom is 0.0685 e. The summed E-state index contributed by atoms with van der Waals surface area (Å²) in [5.41, 5.74) is 0.950. The Bertz CT molecular complexity index is 164. The SMILES string of the molecule is C=C1CC2(O)CCC1CC2. The van der Waals surface area contributed by atoms with Crippen molar-refractivity contribution in [3.05, 3.63) is 12.2 Å². The van der Waals surface area contributed by atoms with Crippen LogP contribution in [0.3, 0.4) is 0 Å². The first-order valence-electron chi connectivity index (χ1n) is 4.10. The molecule has 3 fully saturated rings. The van der Waals surface area contributed by atoms with E-state index in [9.17, 15) is 5.11 Å². The summed E-state index contributed by atoms with van der Waals surface area (Å²) in [4.78, 5) is 0. The minimum absolute atomic E-state index is 0.341. The van der Waals surface area contributed by atoms with Crippen LogP contribution in [0.1, 0.15) is 32.1 Å². The summed E-state index contributed by atoms with van der Waals surface area (Å²) < 4.78 is 0. The van der Waals surface area contributed by atoms with Crippen molar-refractivity contribution >= 4 is 0 Å². The molecule has 3 aliphatic rings. The van der Waals surface area contributed by atoms with Crippen molar-refractivity contribution in [2.75, 3.05) is 0 Å². The zero-order valence-electron chi connectivity index (χ0n) is 6.27. The molecule has 0 atom stereocenters. The van der Waals surface area contributed by atoms with Gasteiger partial charge in [0, 0.05) is 0 Å². The Morgan fingerprint density at radius 3 is 2.30 bits per heavy atom. The molecule has 0 aromatic carbocycles. The molecule has 3 aliphatic carbocycles. The molecule has 3 rings (SSSR count). The summed E-state index contributed by atoms with van der Waals surface area (Å²) in [6.07, 6.45) is 5.25. The molecule has 3 saturated carbocycles. The van der Waals surface area contributed by atoms with Gasteiger partial charge in [0.25, 0.3) is 0 Å². The van der Waals surface area contributed by atoms with Gasteiger partial charge in [-0.2, -0.15) is 0 Å². The average molecular weight is 138 g/mol. The summed E-state index contributed by atoms with van der Waals surface area (Å²) in [6, 6.07) is 0. The van der Waals surface area contributed by atoms with Crippen LogP contribution < -0.4 is 0 Å². The summed E-state index contributed by atoms with van der Waals surface area (Å²) >= 11 is 0. The topological polar surface area (TPSA) is 20.2 Å². The number of rotatable bonds is 0. The van der Waals surface area contributed by atoms with E-state index in [-0.39, 0.29) is 5.60 Å². The molecule has 1 heteroatoms. The molecule has 0 aromatic rings. The molecule has 2 bridgehead atoms. The zero-order chi connectivity index (χ0) is 7.19. The smallest absolute Gasteiger partial charge is 0.0685 e. The molecule has 0 aliphatic heterocycles. The molecule has 0 aromatic heterocycles. The predicted molar refractivity (Wildman–Crippen MR) is 40.7 cm³/mol. The highest BCUT2D eigenvalue weighted by atomic mass is 16.3. The van der Waals surface area contributed by atoms with Crippen LogP contribution in [0.4, 0.5) is 0 Å². The van der Waals surface area contributed by atoms with Crippen LogP contribution in [0.2, 0.25) is 0 Å². The van der Waals surface area contributed by atoms with E-state index in [0.29, 0.717) is 0 Å². The van der Waals surface area contributed by atoms with Gasteiger partial charge in [-0.15, -0.1) is 0 Å². The molecule has 1 nitrogen and oxygen atoms in total. The minimum Gasteiger partial charge on any atom is -0.390 e. The number of hydrogen-bond acceptors (Lipinski definition) is 1. The molecule has 0 saturated heterocycles. The van der Waals surface area contributed by atoms with E-state index in [1.165, 1.54) is 18.4 Å². The quantitative estimate of drug-likeness (QED) is 0.507. The van der Waals surface area contributed by atoms with Crippen LogP contribution in [0.25, 0.3) is 0 Å². The number of hydrogen-bond donors (Lipinski definition) is 1. The van der Waals surface area contributed by atoms with Gasteiger partial charge in [0.05, 0.1) is 5.60 Å². The largest absolute Gasteiger partial charge is 0.390 e. The molecule has 56 valence electrons. The first kappa shape index (κ1) is 6.41. The fourth-order valence-electron chi connectivity index (χ4n) is 2.31. The van der Waals surface area contributed by atoms with Gasteiger partial charge in [-0.1, -0.05) is 12.2 Å².